The van der Waals surface area contributed by atoms with Gasteiger partial charge in [-0.1, -0.05) is 0 Å². The van der Waals surface area contributed by atoms with Crippen molar-refractivity contribution in [2.24, 2.45) is 0 Å². The van der Waals surface area contributed by atoms with Crippen LogP contribution in [0.2, 0.25) is 0 Å². The molecule has 1 N–H and O–H groups in total. The molecule has 7 nitrogen and oxygen atoms in total. The van der Waals surface area contributed by atoms with E-state index in [0.29, 0.717) is 31.2 Å². The maximum absolute atomic E-state index is 11.5. The summed E-state index contributed by atoms with van der Waals surface area (Å²) in [6.45, 7) is 6.70. The summed E-state index contributed by atoms with van der Waals surface area (Å²) >= 11 is 0. The fourth-order valence-corrected chi connectivity index (χ4v) is 3.20. The van der Waals surface area contributed by atoms with Crippen LogP contribution in [-0.4, -0.2) is 49.6 Å². The minimum absolute atomic E-state index is 0.100. The zero-order valence-corrected chi connectivity index (χ0v) is 15.7. The van der Waals surface area contributed by atoms with E-state index in [-0.39, 0.29) is 5.91 Å². The normalized spacial score (nSPS) is 15.5. The lowest BCUT2D eigenvalue weighted by Crippen LogP contribution is -2.28. The zero-order valence-electron chi connectivity index (χ0n) is 15.7. The number of hydrogen-bond donors (Lipinski definition) is 1. The van der Waals surface area contributed by atoms with Crippen LogP contribution in [0.5, 0.6) is 11.5 Å². The van der Waals surface area contributed by atoms with Crippen molar-refractivity contribution in [1.29, 1.82) is 0 Å². The summed E-state index contributed by atoms with van der Waals surface area (Å²) in [5.41, 5.74) is 2.58. The van der Waals surface area contributed by atoms with Gasteiger partial charge in [-0.15, -0.1) is 0 Å². The van der Waals surface area contributed by atoms with E-state index in [1.165, 1.54) is 0 Å². The number of hydrogen-bond acceptors (Lipinski definition) is 6. The van der Waals surface area contributed by atoms with Crippen LogP contribution in [0.25, 0.3) is 11.5 Å². The van der Waals surface area contributed by atoms with Gasteiger partial charge in [0.2, 0.25) is 11.8 Å². The molecule has 0 saturated carbocycles. The number of oxazole rings is 1. The summed E-state index contributed by atoms with van der Waals surface area (Å²) in [6, 6.07) is 3.78. The Morgan fingerprint density at radius 3 is 2.77 bits per heavy atom. The molecular formula is C19H25N3O4. The topological polar surface area (TPSA) is 76.8 Å². The van der Waals surface area contributed by atoms with Crippen LogP contribution in [0.15, 0.2) is 16.5 Å². The SMILES string of the molecule is COc1ccc(-c2nc(CN3CCNC(=O)CC3)c(C)o2)c(OC)c1C. The number of methoxy groups -OCH3 is 2. The van der Waals surface area contributed by atoms with Crippen molar-refractivity contribution in [3.05, 3.63) is 29.2 Å². The Labute approximate surface area is 153 Å². The highest BCUT2D eigenvalue weighted by atomic mass is 16.5. The van der Waals surface area contributed by atoms with Gasteiger partial charge in [0.05, 0.1) is 25.5 Å². The van der Waals surface area contributed by atoms with Crippen LogP contribution in [0.1, 0.15) is 23.4 Å². The summed E-state index contributed by atoms with van der Waals surface area (Å²) in [5.74, 6) is 2.87. The van der Waals surface area contributed by atoms with Crippen molar-refractivity contribution >= 4 is 5.91 Å². The maximum Gasteiger partial charge on any atom is 0.230 e. The van der Waals surface area contributed by atoms with Gasteiger partial charge >= 0.3 is 0 Å². The van der Waals surface area contributed by atoms with E-state index in [9.17, 15) is 4.79 Å². The summed E-state index contributed by atoms with van der Waals surface area (Å²) in [5, 5.41) is 2.89. The Morgan fingerprint density at radius 1 is 1.23 bits per heavy atom. The number of aromatic nitrogens is 1. The quantitative estimate of drug-likeness (QED) is 0.883. The predicted molar refractivity (Wildman–Crippen MR) is 97.4 cm³/mol. The second-order valence-electron chi connectivity index (χ2n) is 6.37. The third-order valence-corrected chi connectivity index (χ3v) is 4.68. The molecule has 2 aromatic rings. The molecule has 3 rings (SSSR count). The molecule has 26 heavy (non-hydrogen) atoms. The van der Waals surface area contributed by atoms with Crippen molar-refractivity contribution in [2.75, 3.05) is 33.9 Å². The lowest BCUT2D eigenvalue weighted by Gasteiger charge is -2.17. The molecule has 7 heteroatoms. The highest BCUT2D eigenvalue weighted by Crippen LogP contribution is 2.38. The number of aryl methyl sites for hydroxylation is 1. The standard InChI is InChI=1S/C19H25N3O4/c1-12-16(24-3)6-5-14(18(12)25-4)19-21-15(13(2)26-19)11-22-9-7-17(23)20-8-10-22/h5-6H,7-11H2,1-4H3,(H,20,23). The number of rotatable bonds is 5. The molecular weight excluding hydrogens is 334 g/mol. The molecule has 1 fully saturated rings. The largest absolute Gasteiger partial charge is 0.496 e. The van der Waals surface area contributed by atoms with E-state index in [2.05, 4.69) is 10.2 Å². The Balaban J connectivity index is 1.86. The zero-order chi connectivity index (χ0) is 18.7. The number of nitrogens with zero attached hydrogens (tertiary/aromatic N) is 2. The first-order valence-corrected chi connectivity index (χ1v) is 8.70. The van der Waals surface area contributed by atoms with Gasteiger partial charge in [-0.3, -0.25) is 9.69 Å². The van der Waals surface area contributed by atoms with E-state index < -0.39 is 0 Å². The van der Waals surface area contributed by atoms with Crippen molar-refractivity contribution in [3.63, 3.8) is 0 Å². The molecule has 0 atom stereocenters. The number of benzene rings is 1. The van der Waals surface area contributed by atoms with Crippen molar-refractivity contribution < 1.29 is 18.7 Å². The molecule has 0 bridgehead atoms. The Hall–Kier alpha value is -2.54. The van der Waals surface area contributed by atoms with E-state index in [1.807, 2.05) is 26.0 Å². The van der Waals surface area contributed by atoms with Crippen LogP contribution in [0.4, 0.5) is 0 Å². The van der Waals surface area contributed by atoms with E-state index in [1.54, 1.807) is 14.2 Å². The van der Waals surface area contributed by atoms with Crippen LogP contribution in [0, 0.1) is 13.8 Å². The summed E-state index contributed by atoms with van der Waals surface area (Å²) in [6.07, 6.45) is 0.509. The average Bonchev–Trinajstić information content (AvgIpc) is 2.85. The number of nitrogens with one attached hydrogen (secondary N) is 1. The molecule has 1 aromatic heterocycles. The van der Waals surface area contributed by atoms with Gasteiger partial charge in [0.15, 0.2) is 0 Å². The molecule has 1 aliphatic heterocycles. The van der Waals surface area contributed by atoms with E-state index in [4.69, 9.17) is 18.9 Å². The minimum atomic E-state index is 0.100. The lowest BCUT2D eigenvalue weighted by molar-refractivity contribution is -0.120. The molecule has 1 aromatic carbocycles. The Kier molecular flexibility index (Phi) is 5.46. The molecule has 0 aliphatic carbocycles. The van der Waals surface area contributed by atoms with Crippen molar-refractivity contribution in [3.8, 4) is 23.0 Å². The molecule has 1 amide bonds. The van der Waals surface area contributed by atoms with Crippen molar-refractivity contribution in [1.82, 2.24) is 15.2 Å². The van der Waals surface area contributed by atoms with Crippen LogP contribution in [0.3, 0.4) is 0 Å². The fourth-order valence-electron chi connectivity index (χ4n) is 3.20. The van der Waals surface area contributed by atoms with Gasteiger partial charge in [0.1, 0.15) is 17.3 Å². The molecule has 0 unspecified atom stereocenters. The first kappa shape index (κ1) is 18.3. The van der Waals surface area contributed by atoms with Gasteiger partial charge < -0.3 is 19.2 Å². The van der Waals surface area contributed by atoms with Gasteiger partial charge in [0.25, 0.3) is 0 Å². The number of carbonyl (C=O) groups excluding carboxylic acids is 1. The number of ether oxygens (including phenoxy) is 2. The Morgan fingerprint density at radius 2 is 2.04 bits per heavy atom. The predicted octanol–water partition coefficient (Wildman–Crippen LogP) is 2.30. The maximum atomic E-state index is 11.5. The highest BCUT2D eigenvalue weighted by molar-refractivity contribution is 5.76. The smallest absolute Gasteiger partial charge is 0.230 e. The van der Waals surface area contributed by atoms with Gasteiger partial charge in [0, 0.05) is 38.2 Å². The minimum Gasteiger partial charge on any atom is -0.496 e. The lowest BCUT2D eigenvalue weighted by atomic mass is 10.1. The molecule has 2 heterocycles. The highest BCUT2D eigenvalue weighted by Gasteiger charge is 2.21. The van der Waals surface area contributed by atoms with Crippen molar-refractivity contribution in [2.45, 2.75) is 26.8 Å². The second-order valence-corrected chi connectivity index (χ2v) is 6.37. The van der Waals surface area contributed by atoms with Crippen LogP contribution < -0.4 is 14.8 Å². The average molecular weight is 359 g/mol. The molecule has 1 saturated heterocycles. The second kappa shape index (κ2) is 7.78. The fraction of sp³-hybridized carbons (Fsp3) is 0.474. The Bertz CT molecular complexity index is 800. The van der Waals surface area contributed by atoms with E-state index in [0.717, 1.165) is 41.4 Å². The van der Waals surface area contributed by atoms with Crippen LogP contribution in [-0.2, 0) is 11.3 Å². The summed E-state index contributed by atoms with van der Waals surface area (Å²) < 4.78 is 16.8. The molecule has 0 spiro atoms. The number of carbonyl (C=O) groups is 1. The van der Waals surface area contributed by atoms with Gasteiger partial charge in [-0.2, -0.15) is 0 Å². The first-order valence-electron chi connectivity index (χ1n) is 8.70. The molecule has 1 aliphatic rings. The summed E-state index contributed by atoms with van der Waals surface area (Å²) in [7, 11) is 3.26. The third-order valence-electron chi connectivity index (χ3n) is 4.68. The first-order chi connectivity index (χ1) is 12.5. The van der Waals surface area contributed by atoms with Crippen LogP contribution >= 0.6 is 0 Å². The molecule has 140 valence electrons. The monoisotopic (exact) mass is 359 g/mol. The van der Waals surface area contributed by atoms with Gasteiger partial charge in [-0.25, -0.2) is 4.98 Å². The van der Waals surface area contributed by atoms with E-state index >= 15 is 0 Å². The summed E-state index contributed by atoms with van der Waals surface area (Å²) in [4.78, 5) is 18.4. The molecule has 0 radical (unpaired) electrons. The third kappa shape index (κ3) is 3.67. The number of amides is 1. The van der Waals surface area contributed by atoms with Gasteiger partial charge in [-0.05, 0) is 26.0 Å².